The van der Waals surface area contributed by atoms with E-state index in [1.807, 2.05) is 44.6 Å². The maximum Gasteiger partial charge on any atom is 0.410 e. The number of aromatic nitrogens is 2. The van der Waals surface area contributed by atoms with Gasteiger partial charge in [0.1, 0.15) is 5.60 Å². The molecule has 0 spiro atoms. The predicted octanol–water partition coefficient (Wildman–Crippen LogP) is 4.06. The molecule has 10 heteroatoms. The van der Waals surface area contributed by atoms with E-state index in [0.29, 0.717) is 44.2 Å². The summed E-state index contributed by atoms with van der Waals surface area (Å²) in [6.45, 7) is 10.4. The van der Waals surface area contributed by atoms with Crippen LogP contribution in [0, 0.1) is 12.8 Å². The molecular formula is C26H37F2N5O3. The van der Waals surface area contributed by atoms with E-state index in [2.05, 4.69) is 5.32 Å². The van der Waals surface area contributed by atoms with Gasteiger partial charge in [0.2, 0.25) is 0 Å². The molecule has 2 amide bonds. The van der Waals surface area contributed by atoms with E-state index < -0.39 is 11.5 Å². The quantitative estimate of drug-likeness (QED) is 0.641. The number of alkyl halides is 2. The Morgan fingerprint density at radius 1 is 1.19 bits per heavy atom. The first kappa shape index (κ1) is 26.3. The van der Waals surface area contributed by atoms with Crippen molar-refractivity contribution < 1.29 is 23.1 Å². The van der Waals surface area contributed by atoms with Crippen LogP contribution < -0.4 is 5.32 Å². The number of ether oxygens (including phenoxy) is 1. The molecule has 0 radical (unpaired) electrons. The van der Waals surface area contributed by atoms with Gasteiger partial charge >= 0.3 is 6.09 Å². The van der Waals surface area contributed by atoms with E-state index >= 15 is 0 Å². The molecule has 1 aromatic carbocycles. The number of nitrogens with one attached hydrogen (secondary N) is 1. The molecule has 36 heavy (non-hydrogen) atoms. The van der Waals surface area contributed by atoms with Crippen LogP contribution in [0.4, 0.5) is 13.6 Å². The number of benzene rings is 1. The second-order valence-electron chi connectivity index (χ2n) is 11.1. The van der Waals surface area contributed by atoms with Crippen LogP contribution in [0.15, 0.2) is 18.3 Å². The molecule has 2 aliphatic rings. The molecule has 2 aromatic rings. The Morgan fingerprint density at radius 3 is 2.56 bits per heavy atom. The Morgan fingerprint density at radius 2 is 1.92 bits per heavy atom. The van der Waals surface area contributed by atoms with Crippen LogP contribution in [0.3, 0.4) is 0 Å². The maximum atomic E-state index is 13.3. The first-order valence-corrected chi connectivity index (χ1v) is 12.7. The summed E-state index contributed by atoms with van der Waals surface area (Å²) >= 11 is 0. The number of piperidine rings is 1. The van der Waals surface area contributed by atoms with E-state index in [0.717, 1.165) is 35.9 Å². The molecular weight excluding hydrogens is 468 g/mol. The zero-order valence-electron chi connectivity index (χ0n) is 21.6. The number of hydrogen-bond acceptors (Lipinski definition) is 5. The van der Waals surface area contributed by atoms with E-state index in [-0.39, 0.29) is 25.0 Å². The molecule has 0 unspecified atom stereocenters. The van der Waals surface area contributed by atoms with Gasteiger partial charge in [0.05, 0.1) is 12.1 Å². The monoisotopic (exact) mass is 505 g/mol. The van der Waals surface area contributed by atoms with Crippen molar-refractivity contribution in [3.05, 3.63) is 29.5 Å². The zero-order chi connectivity index (χ0) is 26.1. The number of aryl methyl sites for hydroxylation is 1. The molecule has 1 N–H and O–H groups in total. The highest BCUT2D eigenvalue weighted by molar-refractivity contribution is 6.00. The summed E-state index contributed by atoms with van der Waals surface area (Å²) in [5.74, 6) is -2.43. The normalized spacial score (nSPS) is 19.1. The van der Waals surface area contributed by atoms with Gasteiger partial charge < -0.3 is 15.0 Å². The van der Waals surface area contributed by atoms with Gasteiger partial charge in [0.25, 0.3) is 11.8 Å². The Kier molecular flexibility index (Phi) is 7.54. The smallest absolute Gasteiger partial charge is 0.410 e. The molecule has 2 aliphatic heterocycles. The van der Waals surface area contributed by atoms with Crippen LogP contribution in [-0.2, 0) is 11.3 Å². The lowest BCUT2D eigenvalue weighted by Gasteiger charge is -2.33. The third-order valence-corrected chi connectivity index (χ3v) is 6.92. The maximum absolute atomic E-state index is 13.3. The van der Waals surface area contributed by atoms with Gasteiger partial charge in [-0.2, -0.15) is 5.10 Å². The molecule has 0 bridgehead atoms. The van der Waals surface area contributed by atoms with Crippen molar-refractivity contribution in [1.82, 2.24) is 24.9 Å². The van der Waals surface area contributed by atoms with Crippen LogP contribution in [0.1, 0.15) is 56.0 Å². The van der Waals surface area contributed by atoms with Gasteiger partial charge in [-0.25, -0.2) is 13.6 Å². The summed E-state index contributed by atoms with van der Waals surface area (Å²) in [4.78, 5) is 28.5. The minimum absolute atomic E-state index is 0.121. The summed E-state index contributed by atoms with van der Waals surface area (Å²) in [5, 5.41) is 8.49. The number of rotatable bonds is 6. The predicted molar refractivity (Wildman–Crippen MR) is 133 cm³/mol. The van der Waals surface area contributed by atoms with Gasteiger partial charge in [-0.1, -0.05) is 0 Å². The van der Waals surface area contributed by atoms with Crippen LogP contribution in [0.2, 0.25) is 0 Å². The first-order chi connectivity index (χ1) is 16.9. The Labute approximate surface area is 210 Å². The van der Waals surface area contributed by atoms with E-state index in [9.17, 15) is 18.4 Å². The SMILES string of the molecule is Cc1c(C(=O)NCCN2CCC(F)(F)C2)ccc2nn(CC3CCN(C(=O)OC(C)(C)C)CC3)cc12. The molecule has 4 rings (SSSR count). The summed E-state index contributed by atoms with van der Waals surface area (Å²) in [6, 6.07) is 3.62. The van der Waals surface area contributed by atoms with Crippen molar-refractivity contribution in [3.8, 4) is 0 Å². The molecule has 2 saturated heterocycles. The number of halogens is 2. The lowest BCUT2D eigenvalue weighted by molar-refractivity contribution is 0.0123. The summed E-state index contributed by atoms with van der Waals surface area (Å²) in [7, 11) is 0. The Bertz CT molecular complexity index is 1100. The molecule has 2 fully saturated rings. The van der Waals surface area contributed by atoms with Crippen LogP contribution >= 0.6 is 0 Å². The largest absolute Gasteiger partial charge is 0.444 e. The van der Waals surface area contributed by atoms with Crippen molar-refractivity contribution in [2.75, 3.05) is 39.3 Å². The molecule has 198 valence electrons. The lowest BCUT2D eigenvalue weighted by atomic mass is 9.97. The van der Waals surface area contributed by atoms with Crippen LogP contribution in [0.25, 0.3) is 10.9 Å². The van der Waals surface area contributed by atoms with Crippen molar-refractivity contribution in [1.29, 1.82) is 0 Å². The fourth-order valence-corrected chi connectivity index (χ4v) is 4.93. The molecule has 8 nitrogen and oxygen atoms in total. The van der Waals surface area contributed by atoms with Crippen molar-refractivity contribution >= 4 is 22.9 Å². The number of carbonyl (C=O) groups is 2. The van der Waals surface area contributed by atoms with Crippen LogP contribution in [-0.4, -0.2) is 82.4 Å². The number of likely N-dealkylation sites (tertiary alicyclic amines) is 2. The lowest BCUT2D eigenvalue weighted by Crippen LogP contribution is -2.42. The van der Waals surface area contributed by atoms with Crippen molar-refractivity contribution in [3.63, 3.8) is 0 Å². The van der Waals surface area contributed by atoms with Gasteiger partial charge in [-0.3, -0.25) is 14.4 Å². The van der Waals surface area contributed by atoms with Crippen molar-refractivity contribution in [2.24, 2.45) is 5.92 Å². The standard InChI is InChI=1S/C26H37F2N5O3/c1-18-20(23(34)29-10-14-31-13-9-26(27,28)17-31)5-6-22-21(18)16-33(30-22)15-19-7-11-32(12-8-19)24(35)36-25(2,3)4/h5-6,16,19H,7-15,17H2,1-4H3,(H,29,34). The number of carbonyl (C=O) groups excluding carboxylic acids is 2. The average molecular weight is 506 g/mol. The Hall–Kier alpha value is -2.75. The zero-order valence-corrected chi connectivity index (χ0v) is 21.6. The fraction of sp³-hybridized carbons (Fsp3) is 0.654. The molecule has 0 saturated carbocycles. The average Bonchev–Trinajstić information content (AvgIpc) is 3.35. The highest BCUT2D eigenvalue weighted by Gasteiger charge is 2.37. The first-order valence-electron chi connectivity index (χ1n) is 12.7. The summed E-state index contributed by atoms with van der Waals surface area (Å²) in [6.07, 6.45) is 3.36. The molecule has 0 atom stereocenters. The third-order valence-electron chi connectivity index (χ3n) is 6.92. The second-order valence-corrected chi connectivity index (χ2v) is 11.1. The molecule has 3 heterocycles. The highest BCUT2D eigenvalue weighted by Crippen LogP contribution is 2.27. The molecule has 1 aromatic heterocycles. The van der Waals surface area contributed by atoms with Gasteiger partial charge in [0, 0.05) is 62.8 Å². The summed E-state index contributed by atoms with van der Waals surface area (Å²) in [5.41, 5.74) is 1.75. The second kappa shape index (κ2) is 10.3. The van der Waals surface area contributed by atoms with E-state index in [1.54, 1.807) is 15.9 Å². The third kappa shape index (κ3) is 6.52. The highest BCUT2D eigenvalue weighted by atomic mass is 19.3. The van der Waals surface area contributed by atoms with Crippen LogP contribution in [0.5, 0.6) is 0 Å². The van der Waals surface area contributed by atoms with Crippen molar-refractivity contribution in [2.45, 2.75) is 65.0 Å². The fourth-order valence-electron chi connectivity index (χ4n) is 4.93. The van der Waals surface area contributed by atoms with Gasteiger partial charge in [-0.05, 0) is 64.2 Å². The topological polar surface area (TPSA) is 79.7 Å². The number of fused-ring (bicyclic) bond motifs is 1. The summed E-state index contributed by atoms with van der Waals surface area (Å²) < 4.78 is 34.1. The molecule has 0 aliphatic carbocycles. The van der Waals surface area contributed by atoms with Gasteiger partial charge in [0.15, 0.2) is 0 Å². The minimum Gasteiger partial charge on any atom is -0.444 e. The Balaban J connectivity index is 1.31. The van der Waals surface area contributed by atoms with Gasteiger partial charge in [-0.15, -0.1) is 0 Å². The number of hydrogen-bond donors (Lipinski definition) is 1. The van der Waals surface area contributed by atoms with E-state index in [4.69, 9.17) is 9.84 Å². The number of amides is 2. The minimum atomic E-state index is -2.62. The number of nitrogens with zero attached hydrogens (tertiary/aromatic N) is 4. The van der Waals surface area contributed by atoms with E-state index in [1.165, 1.54) is 0 Å².